The number of nitro groups is 1. The fourth-order valence-corrected chi connectivity index (χ4v) is 5.50. The van der Waals surface area contributed by atoms with E-state index in [2.05, 4.69) is 36.2 Å². The summed E-state index contributed by atoms with van der Waals surface area (Å²) in [5.41, 5.74) is 6.97. The molecule has 3 N–H and O–H groups in total. The number of non-ortho nitro benzene ring substituents is 1. The van der Waals surface area contributed by atoms with E-state index in [4.69, 9.17) is 5.73 Å². The van der Waals surface area contributed by atoms with Crippen molar-refractivity contribution in [2.45, 2.75) is 31.5 Å². The van der Waals surface area contributed by atoms with Gasteiger partial charge in [-0.2, -0.15) is 0 Å². The van der Waals surface area contributed by atoms with E-state index in [9.17, 15) is 19.7 Å². The molecule has 2 fully saturated rings. The summed E-state index contributed by atoms with van der Waals surface area (Å²) in [5, 5.41) is 15.1. The number of nitrogens with two attached hydrogens (primary N) is 1. The highest BCUT2D eigenvalue weighted by atomic mass is 79.9. The number of fused-ring (bicyclic) bond motifs is 4. The fraction of sp³-hybridized carbons (Fsp3) is 0.261. The minimum absolute atomic E-state index is 0.0117. The van der Waals surface area contributed by atoms with Gasteiger partial charge in [0, 0.05) is 23.6 Å². The SMILES string of the molecule is Nc1ncnc2c1c1cc([N+](=O)[O-])ccc1n2CC(=O)N1[C@@H]2C[C@@H]2C[C@H]1C(=O)Nc1cccc(Br)n1. The Kier molecular flexibility index (Phi) is 5.10. The van der Waals surface area contributed by atoms with E-state index in [1.54, 1.807) is 33.7 Å². The number of anilines is 2. The van der Waals surface area contributed by atoms with Gasteiger partial charge >= 0.3 is 0 Å². The molecule has 1 aliphatic heterocycles. The Balaban J connectivity index is 1.34. The second-order valence-electron chi connectivity index (χ2n) is 8.95. The molecule has 1 saturated carbocycles. The third-order valence-electron chi connectivity index (χ3n) is 6.82. The summed E-state index contributed by atoms with van der Waals surface area (Å²) in [6.45, 7) is -0.101. The number of pyridine rings is 1. The van der Waals surface area contributed by atoms with Crippen LogP contribution in [0.25, 0.3) is 21.9 Å². The van der Waals surface area contributed by atoms with Gasteiger partial charge in [-0.3, -0.25) is 19.7 Å². The van der Waals surface area contributed by atoms with E-state index in [-0.39, 0.29) is 35.9 Å². The van der Waals surface area contributed by atoms with Crippen molar-refractivity contribution in [3.8, 4) is 0 Å². The van der Waals surface area contributed by atoms with Gasteiger partial charge in [0.05, 0.1) is 15.8 Å². The maximum atomic E-state index is 13.6. The Hall–Kier alpha value is -4.13. The maximum absolute atomic E-state index is 13.6. The molecular weight excluding hydrogens is 532 g/mol. The highest BCUT2D eigenvalue weighted by Crippen LogP contribution is 2.48. The largest absolute Gasteiger partial charge is 0.383 e. The lowest BCUT2D eigenvalue weighted by atomic mass is 10.1. The Morgan fingerprint density at radius 1 is 1.22 bits per heavy atom. The number of nitrogens with one attached hydrogen (secondary N) is 1. The normalized spacial score (nSPS) is 20.5. The molecule has 182 valence electrons. The molecule has 0 bridgehead atoms. The van der Waals surface area contributed by atoms with E-state index >= 15 is 0 Å². The minimum atomic E-state index is -0.615. The van der Waals surface area contributed by atoms with Gasteiger partial charge in [0.2, 0.25) is 11.8 Å². The Labute approximate surface area is 211 Å². The number of nitrogen functional groups attached to an aromatic ring is 1. The first-order valence-corrected chi connectivity index (χ1v) is 12.0. The van der Waals surface area contributed by atoms with Gasteiger partial charge in [-0.1, -0.05) is 6.07 Å². The quantitative estimate of drug-likeness (QED) is 0.217. The summed E-state index contributed by atoms with van der Waals surface area (Å²) >= 11 is 3.29. The number of carbonyl (C=O) groups is 2. The van der Waals surface area contributed by atoms with Crippen molar-refractivity contribution in [2.75, 3.05) is 11.1 Å². The fourth-order valence-electron chi connectivity index (χ4n) is 5.15. The number of piperidine rings is 1. The number of hydrogen-bond donors (Lipinski definition) is 2. The number of likely N-dealkylation sites (tertiary alicyclic amines) is 1. The van der Waals surface area contributed by atoms with Crippen LogP contribution in [-0.4, -0.2) is 53.2 Å². The van der Waals surface area contributed by atoms with Gasteiger partial charge in [0.1, 0.15) is 40.8 Å². The molecule has 0 unspecified atom stereocenters. The van der Waals surface area contributed by atoms with Crippen LogP contribution in [0.4, 0.5) is 17.3 Å². The molecule has 0 spiro atoms. The lowest BCUT2D eigenvalue weighted by molar-refractivity contribution is -0.384. The number of nitro benzene ring substituents is 1. The van der Waals surface area contributed by atoms with Gasteiger partial charge in [-0.05, 0) is 52.9 Å². The zero-order valence-corrected chi connectivity index (χ0v) is 20.3. The first-order valence-electron chi connectivity index (χ1n) is 11.2. The van der Waals surface area contributed by atoms with Crippen LogP contribution in [-0.2, 0) is 16.1 Å². The minimum Gasteiger partial charge on any atom is -0.383 e. The molecule has 2 aliphatic rings. The van der Waals surface area contributed by atoms with Gasteiger partial charge < -0.3 is 20.5 Å². The highest BCUT2D eigenvalue weighted by Gasteiger charge is 2.56. The van der Waals surface area contributed by atoms with Crippen LogP contribution in [0.1, 0.15) is 12.8 Å². The monoisotopic (exact) mass is 550 g/mol. The number of halogens is 1. The number of carbonyl (C=O) groups excluding carboxylic acids is 2. The second-order valence-corrected chi connectivity index (χ2v) is 9.77. The molecule has 3 atom stereocenters. The summed E-state index contributed by atoms with van der Waals surface area (Å²) in [7, 11) is 0. The number of aromatic nitrogens is 4. The van der Waals surface area contributed by atoms with E-state index in [1.165, 1.54) is 18.5 Å². The van der Waals surface area contributed by atoms with E-state index in [0.29, 0.717) is 44.7 Å². The van der Waals surface area contributed by atoms with Crippen LogP contribution < -0.4 is 11.1 Å². The molecule has 12 nitrogen and oxygen atoms in total. The van der Waals surface area contributed by atoms with Crippen LogP contribution in [0.2, 0.25) is 0 Å². The summed E-state index contributed by atoms with van der Waals surface area (Å²) in [6.07, 6.45) is 2.74. The second kappa shape index (κ2) is 8.22. The van der Waals surface area contributed by atoms with Crippen molar-refractivity contribution in [3.63, 3.8) is 0 Å². The van der Waals surface area contributed by atoms with Crippen LogP contribution in [0, 0.1) is 16.0 Å². The standard InChI is InChI=1S/C23H19BrN8O4/c24-17-2-1-3-18(28-17)29-23(34)16-7-11-6-15(11)31(16)19(33)9-30-14-5-4-12(32(35)36)8-13(14)20-21(25)26-10-27-22(20)30/h1-5,8,10-11,15-16H,6-7,9H2,(H2,25,26,27)(H,28,29,34)/t11-,15-,16+/m1/s1. The molecule has 4 heterocycles. The number of rotatable bonds is 5. The van der Waals surface area contributed by atoms with Gasteiger partial charge in [-0.25, -0.2) is 15.0 Å². The number of amides is 2. The molecule has 1 aliphatic carbocycles. The zero-order chi connectivity index (χ0) is 25.1. The molecule has 1 saturated heterocycles. The smallest absolute Gasteiger partial charge is 0.270 e. The molecule has 13 heteroatoms. The zero-order valence-electron chi connectivity index (χ0n) is 18.7. The maximum Gasteiger partial charge on any atom is 0.270 e. The Bertz CT molecular complexity index is 1590. The average molecular weight is 551 g/mol. The summed E-state index contributed by atoms with van der Waals surface area (Å²) in [6, 6.07) is 8.97. The van der Waals surface area contributed by atoms with Crippen LogP contribution in [0.15, 0.2) is 47.3 Å². The van der Waals surface area contributed by atoms with E-state index in [0.717, 1.165) is 6.42 Å². The van der Waals surface area contributed by atoms with Crippen LogP contribution >= 0.6 is 15.9 Å². The molecule has 4 aromatic rings. The summed E-state index contributed by atoms with van der Waals surface area (Å²) in [5.74, 6) is 0.332. The molecule has 3 aromatic heterocycles. The number of nitrogens with zero attached hydrogens (tertiary/aromatic N) is 6. The Morgan fingerprint density at radius 3 is 2.83 bits per heavy atom. The van der Waals surface area contributed by atoms with Crippen LogP contribution in [0.3, 0.4) is 0 Å². The number of benzene rings is 1. The lowest BCUT2D eigenvalue weighted by Gasteiger charge is -2.27. The van der Waals surface area contributed by atoms with Crippen LogP contribution in [0.5, 0.6) is 0 Å². The molecule has 36 heavy (non-hydrogen) atoms. The average Bonchev–Trinajstić information content (AvgIpc) is 3.39. The van der Waals surface area contributed by atoms with Crippen molar-refractivity contribution >= 4 is 67.0 Å². The predicted molar refractivity (Wildman–Crippen MR) is 134 cm³/mol. The molecule has 6 rings (SSSR count). The number of hydrogen-bond acceptors (Lipinski definition) is 8. The lowest BCUT2D eigenvalue weighted by Crippen LogP contribution is -2.46. The van der Waals surface area contributed by atoms with Crippen molar-refractivity contribution in [2.24, 2.45) is 5.92 Å². The highest BCUT2D eigenvalue weighted by molar-refractivity contribution is 9.10. The predicted octanol–water partition coefficient (Wildman–Crippen LogP) is 2.86. The van der Waals surface area contributed by atoms with Crippen molar-refractivity contribution in [3.05, 3.63) is 57.4 Å². The van der Waals surface area contributed by atoms with Crippen molar-refractivity contribution < 1.29 is 14.5 Å². The molecular formula is C23H19BrN8O4. The molecule has 0 radical (unpaired) electrons. The topological polar surface area (TPSA) is 162 Å². The first-order chi connectivity index (χ1) is 17.3. The van der Waals surface area contributed by atoms with E-state index in [1.807, 2.05) is 0 Å². The van der Waals surface area contributed by atoms with Crippen molar-refractivity contribution in [1.29, 1.82) is 0 Å². The van der Waals surface area contributed by atoms with E-state index < -0.39 is 11.0 Å². The Morgan fingerprint density at radius 2 is 2.06 bits per heavy atom. The third kappa shape index (κ3) is 3.63. The third-order valence-corrected chi connectivity index (χ3v) is 7.26. The van der Waals surface area contributed by atoms with Crippen molar-refractivity contribution in [1.82, 2.24) is 24.4 Å². The molecule has 2 amide bonds. The summed E-state index contributed by atoms with van der Waals surface area (Å²) in [4.78, 5) is 51.9. The first kappa shape index (κ1) is 22.3. The van der Waals surface area contributed by atoms with Gasteiger partial charge in [0.15, 0.2) is 0 Å². The van der Waals surface area contributed by atoms with Gasteiger partial charge in [-0.15, -0.1) is 0 Å². The summed E-state index contributed by atoms with van der Waals surface area (Å²) < 4.78 is 2.27. The van der Waals surface area contributed by atoms with Gasteiger partial charge in [0.25, 0.3) is 5.69 Å². The molecule has 1 aromatic carbocycles.